The Morgan fingerprint density at radius 1 is 1.55 bits per heavy atom. The molecule has 0 saturated heterocycles. The standard InChI is InChI=1S/C13H10N4O2S/c1-6(18)15-13-17-11-8-4-7(5-14)12(19)16-9(8)2-3-10(11)20-13/h2-4,8,11H,1H3,(H,16,19)(H,15,17,18). The van der Waals surface area contributed by atoms with E-state index in [0.29, 0.717) is 5.17 Å². The maximum atomic E-state index is 11.6. The van der Waals surface area contributed by atoms with Crippen LogP contribution in [-0.4, -0.2) is 23.0 Å². The summed E-state index contributed by atoms with van der Waals surface area (Å²) in [6.07, 6.45) is 5.34. The summed E-state index contributed by atoms with van der Waals surface area (Å²) in [5, 5.41) is 14.9. The lowest BCUT2D eigenvalue weighted by molar-refractivity contribution is -0.118. The molecule has 2 amide bonds. The average Bonchev–Trinajstić information content (AvgIpc) is 2.79. The van der Waals surface area contributed by atoms with Crippen molar-refractivity contribution in [2.24, 2.45) is 10.9 Å². The molecule has 2 heterocycles. The maximum absolute atomic E-state index is 11.6. The van der Waals surface area contributed by atoms with E-state index in [4.69, 9.17) is 5.26 Å². The van der Waals surface area contributed by atoms with Crippen LogP contribution in [0.5, 0.6) is 0 Å². The summed E-state index contributed by atoms with van der Waals surface area (Å²) in [6, 6.07) is 1.70. The third-order valence-electron chi connectivity index (χ3n) is 3.14. The lowest BCUT2D eigenvalue weighted by Crippen LogP contribution is -2.37. The third-order valence-corrected chi connectivity index (χ3v) is 4.16. The first-order chi connectivity index (χ1) is 9.58. The van der Waals surface area contributed by atoms with Crippen molar-refractivity contribution in [3.8, 4) is 6.07 Å². The number of rotatable bonds is 0. The predicted molar refractivity (Wildman–Crippen MR) is 74.1 cm³/mol. The number of nitrogens with one attached hydrogen (secondary N) is 2. The number of carbonyl (C=O) groups is 2. The highest BCUT2D eigenvalue weighted by molar-refractivity contribution is 8.17. The van der Waals surface area contributed by atoms with Gasteiger partial charge in [-0.2, -0.15) is 5.26 Å². The molecule has 7 heteroatoms. The molecule has 0 fully saturated rings. The summed E-state index contributed by atoms with van der Waals surface area (Å²) in [5.74, 6) is -0.724. The second-order valence-electron chi connectivity index (χ2n) is 4.53. The Bertz CT molecular complexity index is 681. The zero-order valence-electron chi connectivity index (χ0n) is 10.5. The number of nitrogens with zero attached hydrogens (tertiary/aromatic N) is 2. The van der Waals surface area contributed by atoms with Crippen molar-refractivity contribution in [1.82, 2.24) is 10.6 Å². The first kappa shape index (κ1) is 12.7. The van der Waals surface area contributed by atoms with Gasteiger partial charge in [0.15, 0.2) is 5.17 Å². The Morgan fingerprint density at radius 2 is 2.35 bits per heavy atom. The smallest absolute Gasteiger partial charge is 0.265 e. The van der Waals surface area contributed by atoms with E-state index in [9.17, 15) is 9.59 Å². The topological polar surface area (TPSA) is 94.3 Å². The molecule has 6 nitrogen and oxygen atoms in total. The van der Waals surface area contributed by atoms with Crippen LogP contribution in [0.4, 0.5) is 0 Å². The largest absolute Gasteiger partial charge is 0.324 e. The minimum absolute atomic E-state index is 0.0987. The molecular formula is C13H10N4O2S. The molecule has 0 aromatic heterocycles. The summed E-state index contributed by atoms with van der Waals surface area (Å²) in [4.78, 5) is 28.2. The van der Waals surface area contributed by atoms with Crippen LogP contribution in [-0.2, 0) is 9.59 Å². The van der Waals surface area contributed by atoms with Gasteiger partial charge >= 0.3 is 0 Å². The Kier molecular flexibility index (Phi) is 2.95. The van der Waals surface area contributed by atoms with E-state index in [1.165, 1.54) is 18.7 Å². The Labute approximate surface area is 119 Å². The van der Waals surface area contributed by atoms with E-state index in [0.717, 1.165) is 10.6 Å². The number of hydrogen-bond acceptors (Lipinski definition) is 5. The van der Waals surface area contributed by atoms with Crippen LogP contribution < -0.4 is 10.6 Å². The lowest BCUT2D eigenvalue weighted by Gasteiger charge is -2.28. The summed E-state index contributed by atoms with van der Waals surface area (Å²) >= 11 is 1.40. The average molecular weight is 286 g/mol. The maximum Gasteiger partial charge on any atom is 0.265 e. The van der Waals surface area contributed by atoms with E-state index in [1.54, 1.807) is 6.08 Å². The van der Waals surface area contributed by atoms with Crippen molar-refractivity contribution in [2.75, 3.05) is 0 Å². The number of fused-ring (bicyclic) bond motifs is 3. The second kappa shape index (κ2) is 4.65. The highest BCUT2D eigenvalue weighted by Crippen LogP contribution is 2.41. The number of allylic oxidation sites excluding steroid dienone is 2. The normalized spacial score (nSPS) is 26.9. The van der Waals surface area contributed by atoms with E-state index >= 15 is 0 Å². The highest BCUT2D eigenvalue weighted by atomic mass is 32.2. The van der Waals surface area contributed by atoms with Crippen LogP contribution in [0.15, 0.2) is 39.4 Å². The van der Waals surface area contributed by atoms with Crippen LogP contribution in [0.3, 0.4) is 0 Å². The molecule has 1 aliphatic carbocycles. The van der Waals surface area contributed by atoms with Gasteiger partial charge in [-0.1, -0.05) is 11.8 Å². The fourth-order valence-electron chi connectivity index (χ4n) is 2.29. The van der Waals surface area contributed by atoms with Crippen LogP contribution in [0.1, 0.15) is 6.92 Å². The minimum Gasteiger partial charge on any atom is -0.324 e. The summed E-state index contributed by atoms with van der Waals surface area (Å²) in [7, 11) is 0. The van der Waals surface area contributed by atoms with Gasteiger partial charge in [-0.05, 0) is 18.2 Å². The van der Waals surface area contributed by atoms with Crippen molar-refractivity contribution in [3.05, 3.63) is 34.4 Å². The Morgan fingerprint density at radius 3 is 3.05 bits per heavy atom. The molecule has 3 aliphatic rings. The molecule has 0 spiro atoms. The molecule has 3 rings (SSSR count). The van der Waals surface area contributed by atoms with Crippen LogP contribution in [0.2, 0.25) is 0 Å². The lowest BCUT2D eigenvalue weighted by atomic mass is 9.87. The van der Waals surface area contributed by atoms with Gasteiger partial charge in [0, 0.05) is 23.4 Å². The number of thioether (sulfide) groups is 1. The van der Waals surface area contributed by atoms with E-state index in [1.807, 2.05) is 18.2 Å². The van der Waals surface area contributed by atoms with Crippen molar-refractivity contribution in [1.29, 1.82) is 5.26 Å². The fourth-order valence-corrected chi connectivity index (χ4v) is 3.33. The van der Waals surface area contributed by atoms with E-state index in [-0.39, 0.29) is 29.3 Å². The zero-order chi connectivity index (χ0) is 14.3. The number of hydrogen-bond donors (Lipinski definition) is 2. The van der Waals surface area contributed by atoms with Gasteiger partial charge in [-0.3, -0.25) is 14.6 Å². The van der Waals surface area contributed by atoms with Gasteiger partial charge in [0.25, 0.3) is 5.91 Å². The van der Waals surface area contributed by atoms with Gasteiger partial charge in [-0.25, -0.2) is 0 Å². The molecule has 2 aliphatic heterocycles. The molecule has 0 aromatic rings. The predicted octanol–water partition coefficient (Wildman–Crippen LogP) is 0.571. The number of nitriles is 1. The fraction of sp³-hybridized carbons (Fsp3) is 0.231. The Hall–Kier alpha value is -2.33. The number of amidine groups is 1. The van der Waals surface area contributed by atoms with Gasteiger partial charge in [0.1, 0.15) is 11.6 Å². The number of aliphatic imine (C=N–C) groups is 1. The molecule has 2 unspecified atom stereocenters. The molecule has 0 aromatic carbocycles. The van der Waals surface area contributed by atoms with E-state index < -0.39 is 0 Å². The minimum atomic E-state index is -0.386. The molecule has 0 radical (unpaired) electrons. The van der Waals surface area contributed by atoms with Gasteiger partial charge in [-0.15, -0.1) is 0 Å². The van der Waals surface area contributed by atoms with E-state index in [2.05, 4.69) is 15.6 Å². The van der Waals surface area contributed by atoms with Crippen molar-refractivity contribution in [2.45, 2.75) is 13.0 Å². The van der Waals surface area contributed by atoms with Crippen LogP contribution in [0.25, 0.3) is 0 Å². The second-order valence-corrected chi connectivity index (χ2v) is 5.59. The molecule has 100 valence electrons. The van der Waals surface area contributed by atoms with Crippen LogP contribution >= 0.6 is 11.8 Å². The summed E-state index contributed by atoms with van der Waals surface area (Å²) in [6.45, 7) is 1.43. The van der Waals surface area contributed by atoms with Gasteiger partial charge in [0.2, 0.25) is 5.91 Å². The molecule has 0 saturated carbocycles. The van der Waals surface area contributed by atoms with Crippen molar-refractivity contribution in [3.63, 3.8) is 0 Å². The Balaban J connectivity index is 1.95. The molecular weight excluding hydrogens is 276 g/mol. The number of carbonyl (C=O) groups excluding carboxylic acids is 2. The zero-order valence-corrected chi connectivity index (χ0v) is 11.3. The summed E-state index contributed by atoms with van der Waals surface area (Å²) < 4.78 is 0. The SMILES string of the molecule is CC(=O)NC1=NC2C(=CC=C3NC(=O)C(C#N)=CC32)S1. The third kappa shape index (κ3) is 2.04. The van der Waals surface area contributed by atoms with Crippen LogP contribution in [0, 0.1) is 17.2 Å². The molecule has 0 bridgehead atoms. The van der Waals surface area contributed by atoms with Crippen molar-refractivity contribution < 1.29 is 9.59 Å². The first-order valence-electron chi connectivity index (χ1n) is 5.97. The quantitative estimate of drug-likeness (QED) is 0.680. The van der Waals surface area contributed by atoms with Gasteiger partial charge < -0.3 is 10.6 Å². The molecule has 2 N–H and O–H groups in total. The van der Waals surface area contributed by atoms with Gasteiger partial charge in [0.05, 0.1) is 6.04 Å². The molecule has 20 heavy (non-hydrogen) atoms. The molecule has 2 atom stereocenters. The highest BCUT2D eigenvalue weighted by Gasteiger charge is 2.38. The monoisotopic (exact) mass is 286 g/mol. The summed E-state index contributed by atoms with van der Waals surface area (Å²) in [5.41, 5.74) is 0.831. The first-order valence-corrected chi connectivity index (χ1v) is 6.78. The number of amides is 2. The van der Waals surface area contributed by atoms with Crippen molar-refractivity contribution >= 4 is 28.7 Å².